The number of fused-ring (bicyclic) bond motifs is 1. The van der Waals surface area contributed by atoms with Crippen LogP contribution >= 0.6 is 0 Å². The van der Waals surface area contributed by atoms with Gasteiger partial charge in [-0.15, -0.1) is 0 Å². The number of aryl methyl sites for hydroxylation is 1. The number of amides is 1. The molecule has 6 heteroatoms. The van der Waals surface area contributed by atoms with E-state index in [2.05, 4.69) is 15.0 Å². The van der Waals surface area contributed by atoms with Crippen molar-refractivity contribution in [3.05, 3.63) is 59.6 Å². The smallest absolute Gasteiger partial charge is 0.256 e. The monoisotopic (exact) mass is 336 g/mol. The minimum absolute atomic E-state index is 0.0551. The molecule has 3 aromatic rings. The van der Waals surface area contributed by atoms with Crippen LogP contribution in [-0.2, 0) is 6.54 Å². The zero-order valence-electron chi connectivity index (χ0n) is 14.2. The van der Waals surface area contributed by atoms with Gasteiger partial charge in [-0.25, -0.2) is 0 Å². The molecule has 0 N–H and O–H groups in total. The highest BCUT2D eigenvalue weighted by Gasteiger charge is 2.24. The van der Waals surface area contributed by atoms with Gasteiger partial charge in [-0.1, -0.05) is 23.4 Å². The molecule has 1 amide bonds. The van der Waals surface area contributed by atoms with Crippen molar-refractivity contribution >= 4 is 16.8 Å². The third kappa shape index (κ3) is 3.25. The van der Waals surface area contributed by atoms with Crippen LogP contribution < -0.4 is 0 Å². The van der Waals surface area contributed by atoms with Gasteiger partial charge in [-0.3, -0.25) is 14.7 Å². The first-order valence-corrected chi connectivity index (χ1v) is 8.48. The first kappa shape index (κ1) is 15.8. The van der Waals surface area contributed by atoms with Crippen LogP contribution in [0.4, 0.5) is 0 Å². The summed E-state index contributed by atoms with van der Waals surface area (Å²) in [6.07, 6.45) is 1.73. The normalized spacial score (nSPS) is 15.6. The molecule has 0 radical (unpaired) electrons. The molecule has 1 aliphatic rings. The van der Waals surface area contributed by atoms with Gasteiger partial charge in [-0.2, -0.15) is 0 Å². The van der Waals surface area contributed by atoms with Crippen molar-refractivity contribution in [3.8, 4) is 0 Å². The summed E-state index contributed by atoms with van der Waals surface area (Å²) in [6, 6.07) is 11.6. The summed E-state index contributed by atoms with van der Waals surface area (Å²) >= 11 is 0. The van der Waals surface area contributed by atoms with Gasteiger partial charge in [0.05, 0.1) is 23.3 Å². The molecule has 0 aliphatic carbocycles. The highest BCUT2D eigenvalue weighted by atomic mass is 16.5. The summed E-state index contributed by atoms with van der Waals surface area (Å²) in [5.74, 6) is 0.926. The van der Waals surface area contributed by atoms with Crippen LogP contribution in [0.5, 0.6) is 0 Å². The van der Waals surface area contributed by atoms with Crippen molar-refractivity contribution in [1.82, 2.24) is 19.9 Å². The largest absolute Gasteiger partial charge is 0.360 e. The highest BCUT2D eigenvalue weighted by molar-refractivity contribution is 6.05. The molecule has 25 heavy (non-hydrogen) atoms. The van der Waals surface area contributed by atoms with Gasteiger partial charge in [0.15, 0.2) is 5.76 Å². The molecule has 0 saturated carbocycles. The lowest BCUT2D eigenvalue weighted by Gasteiger charge is -2.34. The van der Waals surface area contributed by atoms with Gasteiger partial charge in [0.25, 0.3) is 5.91 Å². The third-order valence-electron chi connectivity index (χ3n) is 4.58. The number of pyridine rings is 1. The lowest BCUT2D eigenvalue weighted by Crippen LogP contribution is -2.48. The number of para-hydroxylation sites is 1. The van der Waals surface area contributed by atoms with E-state index in [0.717, 1.165) is 42.0 Å². The molecule has 1 saturated heterocycles. The summed E-state index contributed by atoms with van der Waals surface area (Å²) in [6.45, 7) is 5.71. The molecule has 0 unspecified atom stereocenters. The molecule has 128 valence electrons. The van der Waals surface area contributed by atoms with E-state index in [1.807, 2.05) is 48.2 Å². The van der Waals surface area contributed by atoms with Crippen LogP contribution in [0.15, 0.2) is 47.1 Å². The number of benzene rings is 1. The molecule has 0 bridgehead atoms. The fourth-order valence-electron chi connectivity index (χ4n) is 3.27. The van der Waals surface area contributed by atoms with Gasteiger partial charge >= 0.3 is 0 Å². The van der Waals surface area contributed by atoms with E-state index in [1.165, 1.54) is 0 Å². The average Bonchev–Trinajstić information content (AvgIpc) is 3.06. The molecular formula is C19H20N4O2. The van der Waals surface area contributed by atoms with Crippen LogP contribution in [0.2, 0.25) is 0 Å². The van der Waals surface area contributed by atoms with Crippen molar-refractivity contribution in [2.45, 2.75) is 13.5 Å². The molecular weight excluding hydrogens is 316 g/mol. The van der Waals surface area contributed by atoms with Crippen LogP contribution in [0.1, 0.15) is 21.8 Å². The van der Waals surface area contributed by atoms with Crippen LogP contribution in [0.25, 0.3) is 10.9 Å². The lowest BCUT2D eigenvalue weighted by molar-refractivity contribution is 0.0619. The lowest BCUT2D eigenvalue weighted by atomic mass is 10.1. The Bertz CT molecular complexity index is 892. The number of carbonyl (C=O) groups is 1. The first-order valence-electron chi connectivity index (χ1n) is 8.48. The summed E-state index contributed by atoms with van der Waals surface area (Å²) in [5.41, 5.74) is 2.35. The summed E-state index contributed by atoms with van der Waals surface area (Å²) < 4.78 is 5.28. The third-order valence-corrected chi connectivity index (χ3v) is 4.58. The second kappa shape index (κ2) is 6.64. The van der Waals surface area contributed by atoms with E-state index in [4.69, 9.17) is 4.52 Å². The minimum Gasteiger partial charge on any atom is -0.360 e. The molecule has 1 aliphatic heterocycles. The van der Waals surface area contributed by atoms with Crippen LogP contribution in [0.3, 0.4) is 0 Å². The number of hydrogen-bond donors (Lipinski definition) is 0. The number of aromatic nitrogens is 2. The number of rotatable bonds is 3. The standard InChI is InChI=1S/C19H20N4O2/c1-14-12-16(25-21-14)13-22-8-10-23(11-9-22)19(24)17-6-2-4-15-5-3-7-20-18(15)17/h2-7,12H,8-11,13H2,1H3. The Hall–Kier alpha value is -2.73. The number of hydrogen-bond acceptors (Lipinski definition) is 5. The maximum Gasteiger partial charge on any atom is 0.256 e. The van der Waals surface area contributed by atoms with Crippen molar-refractivity contribution in [1.29, 1.82) is 0 Å². The van der Waals surface area contributed by atoms with Crippen molar-refractivity contribution in [2.24, 2.45) is 0 Å². The van der Waals surface area contributed by atoms with E-state index in [1.54, 1.807) is 6.20 Å². The molecule has 0 spiro atoms. The molecule has 2 aromatic heterocycles. The SMILES string of the molecule is Cc1cc(CN2CCN(C(=O)c3cccc4cccnc34)CC2)on1. The molecule has 1 aromatic carbocycles. The molecule has 0 atom stereocenters. The Balaban J connectivity index is 1.44. The first-order chi connectivity index (χ1) is 12.2. The number of carbonyl (C=O) groups excluding carboxylic acids is 1. The maximum atomic E-state index is 12.9. The Morgan fingerprint density at radius 1 is 1.16 bits per heavy atom. The van der Waals surface area contributed by atoms with E-state index in [-0.39, 0.29) is 5.91 Å². The Morgan fingerprint density at radius 2 is 1.96 bits per heavy atom. The highest BCUT2D eigenvalue weighted by Crippen LogP contribution is 2.19. The van der Waals surface area contributed by atoms with Gasteiger partial charge in [-0.05, 0) is 19.1 Å². The Labute approximate surface area is 146 Å². The Morgan fingerprint density at radius 3 is 2.72 bits per heavy atom. The number of piperazine rings is 1. The quantitative estimate of drug-likeness (QED) is 0.735. The van der Waals surface area contributed by atoms with Gasteiger partial charge < -0.3 is 9.42 Å². The summed E-state index contributed by atoms with van der Waals surface area (Å²) in [7, 11) is 0. The molecule has 1 fully saturated rings. The van der Waals surface area contributed by atoms with E-state index in [9.17, 15) is 4.79 Å². The number of nitrogens with zero attached hydrogens (tertiary/aromatic N) is 4. The summed E-state index contributed by atoms with van der Waals surface area (Å²) in [4.78, 5) is 21.5. The van der Waals surface area contributed by atoms with Gasteiger partial charge in [0.2, 0.25) is 0 Å². The Kier molecular flexibility index (Phi) is 4.19. The van der Waals surface area contributed by atoms with Gasteiger partial charge in [0.1, 0.15) is 0 Å². The fraction of sp³-hybridized carbons (Fsp3) is 0.316. The second-order valence-corrected chi connectivity index (χ2v) is 6.38. The molecule has 6 nitrogen and oxygen atoms in total. The molecule has 3 heterocycles. The van der Waals surface area contributed by atoms with Crippen molar-refractivity contribution in [3.63, 3.8) is 0 Å². The fourth-order valence-corrected chi connectivity index (χ4v) is 3.27. The minimum atomic E-state index is 0.0551. The van der Waals surface area contributed by atoms with E-state index < -0.39 is 0 Å². The zero-order chi connectivity index (χ0) is 17.2. The van der Waals surface area contributed by atoms with Crippen LogP contribution in [-0.4, -0.2) is 52.0 Å². The van der Waals surface area contributed by atoms with E-state index >= 15 is 0 Å². The predicted octanol–water partition coefficient (Wildman–Crippen LogP) is 2.49. The topological polar surface area (TPSA) is 62.5 Å². The summed E-state index contributed by atoms with van der Waals surface area (Å²) in [5, 5.41) is 4.91. The van der Waals surface area contributed by atoms with E-state index in [0.29, 0.717) is 18.7 Å². The maximum absolute atomic E-state index is 12.9. The van der Waals surface area contributed by atoms with Crippen molar-refractivity contribution < 1.29 is 9.32 Å². The van der Waals surface area contributed by atoms with Gasteiger partial charge in [0, 0.05) is 43.8 Å². The average molecular weight is 336 g/mol. The predicted molar refractivity (Wildman–Crippen MR) is 94.2 cm³/mol. The zero-order valence-corrected chi connectivity index (χ0v) is 14.2. The van der Waals surface area contributed by atoms with Crippen molar-refractivity contribution in [2.75, 3.05) is 26.2 Å². The van der Waals surface area contributed by atoms with Crippen LogP contribution in [0, 0.1) is 6.92 Å². The molecule has 4 rings (SSSR count). The second-order valence-electron chi connectivity index (χ2n) is 6.38.